The van der Waals surface area contributed by atoms with Crippen molar-refractivity contribution in [3.63, 3.8) is 0 Å². The number of hydrogen-bond donors (Lipinski definition) is 0. The monoisotopic (exact) mass is 547 g/mol. The Labute approximate surface area is 247 Å². The Bertz CT molecular complexity index is 1870. The molecule has 1 nitrogen and oxygen atoms in total. The Morgan fingerprint density at radius 2 is 1.07 bits per heavy atom. The van der Waals surface area contributed by atoms with Crippen LogP contribution in [0.2, 0.25) is 5.02 Å². The van der Waals surface area contributed by atoms with E-state index < -0.39 is 0 Å². The third-order valence-corrected chi connectivity index (χ3v) is 8.57. The maximum absolute atomic E-state index is 6.57. The molecule has 0 aliphatic heterocycles. The van der Waals surface area contributed by atoms with Crippen LogP contribution in [0, 0.1) is 0 Å². The van der Waals surface area contributed by atoms with Gasteiger partial charge in [0.05, 0.1) is 5.69 Å². The van der Waals surface area contributed by atoms with E-state index in [2.05, 4.69) is 146 Å². The van der Waals surface area contributed by atoms with Crippen LogP contribution in [0.3, 0.4) is 0 Å². The molecule has 0 aromatic heterocycles. The topological polar surface area (TPSA) is 3.24 Å². The number of halogens is 1. The van der Waals surface area contributed by atoms with E-state index in [9.17, 15) is 0 Å². The first-order chi connectivity index (χ1) is 20.0. The van der Waals surface area contributed by atoms with Crippen LogP contribution >= 0.6 is 11.6 Å². The zero-order chi connectivity index (χ0) is 28.0. The zero-order valence-corrected chi connectivity index (χ0v) is 23.9. The van der Waals surface area contributed by atoms with E-state index in [-0.39, 0.29) is 5.41 Å². The van der Waals surface area contributed by atoms with Gasteiger partial charge in [-0.1, -0.05) is 135 Å². The van der Waals surface area contributed by atoms with Gasteiger partial charge in [-0.25, -0.2) is 0 Å². The molecule has 2 heteroatoms. The first kappa shape index (κ1) is 25.4. The molecule has 0 heterocycles. The van der Waals surface area contributed by atoms with E-state index in [0.29, 0.717) is 5.02 Å². The number of anilines is 3. The van der Waals surface area contributed by atoms with Crippen molar-refractivity contribution in [2.45, 2.75) is 19.3 Å². The summed E-state index contributed by atoms with van der Waals surface area (Å²) in [5, 5.41) is 0.714. The van der Waals surface area contributed by atoms with Crippen LogP contribution in [-0.4, -0.2) is 0 Å². The van der Waals surface area contributed by atoms with Gasteiger partial charge in [-0.2, -0.15) is 0 Å². The minimum atomic E-state index is -0.0886. The van der Waals surface area contributed by atoms with Crippen molar-refractivity contribution in [1.29, 1.82) is 0 Å². The van der Waals surface area contributed by atoms with Gasteiger partial charge in [-0.15, -0.1) is 0 Å². The summed E-state index contributed by atoms with van der Waals surface area (Å²) in [6.07, 6.45) is 0. The molecule has 0 atom stereocenters. The second kappa shape index (κ2) is 10.1. The van der Waals surface area contributed by atoms with E-state index in [4.69, 9.17) is 11.6 Å². The number of para-hydroxylation sites is 1. The summed E-state index contributed by atoms with van der Waals surface area (Å²) in [6.45, 7) is 4.65. The predicted octanol–water partition coefficient (Wildman–Crippen LogP) is 11.5. The smallest absolute Gasteiger partial charge is 0.0540 e. The second-order valence-electron chi connectivity index (χ2n) is 11.2. The van der Waals surface area contributed by atoms with E-state index in [0.717, 1.165) is 22.6 Å². The molecule has 0 spiro atoms. The molecule has 41 heavy (non-hydrogen) atoms. The largest absolute Gasteiger partial charge is 0.310 e. The molecule has 0 radical (unpaired) electrons. The molecule has 0 unspecified atom stereocenters. The lowest BCUT2D eigenvalue weighted by Gasteiger charge is -2.30. The lowest BCUT2D eigenvalue weighted by atomic mass is 9.82. The van der Waals surface area contributed by atoms with Crippen LogP contribution < -0.4 is 4.90 Å². The second-order valence-corrected chi connectivity index (χ2v) is 11.6. The van der Waals surface area contributed by atoms with Crippen LogP contribution in [0.5, 0.6) is 0 Å². The number of fused-ring (bicyclic) bond motifs is 3. The fourth-order valence-electron chi connectivity index (χ4n) is 6.26. The molecule has 6 aromatic rings. The van der Waals surface area contributed by atoms with Gasteiger partial charge >= 0.3 is 0 Å². The first-order valence-corrected chi connectivity index (χ1v) is 14.4. The van der Waals surface area contributed by atoms with Gasteiger partial charge in [0.2, 0.25) is 0 Å². The molecule has 1 aliphatic rings. The number of hydrogen-bond acceptors (Lipinski definition) is 1. The highest BCUT2D eigenvalue weighted by Crippen LogP contribution is 2.51. The van der Waals surface area contributed by atoms with Crippen molar-refractivity contribution >= 4 is 28.7 Å². The third-order valence-electron chi connectivity index (χ3n) is 8.34. The van der Waals surface area contributed by atoms with Crippen molar-refractivity contribution < 1.29 is 0 Å². The van der Waals surface area contributed by atoms with E-state index in [1.54, 1.807) is 0 Å². The average Bonchev–Trinajstić information content (AvgIpc) is 3.24. The highest BCUT2D eigenvalue weighted by atomic mass is 35.5. The standard InChI is InChI=1S/C39H30ClN/c1-39(2)36-17-8-6-16-34(36)35-24-23-32(26-37(35)39)41(31-14-10-13-30(40)25-31)38-18-9-7-15-33(38)29-21-19-28(20-22-29)27-11-4-3-5-12-27/h3-26H,1-2H3. The molecular weight excluding hydrogens is 518 g/mol. The lowest BCUT2D eigenvalue weighted by Crippen LogP contribution is -2.16. The molecule has 0 amide bonds. The quantitative estimate of drug-likeness (QED) is 0.207. The van der Waals surface area contributed by atoms with Gasteiger partial charge in [-0.05, 0) is 75.3 Å². The number of nitrogens with zero attached hydrogens (tertiary/aromatic N) is 1. The van der Waals surface area contributed by atoms with Gasteiger partial charge in [0.15, 0.2) is 0 Å². The van der Waals surface area contributed by atoms with E-state index in [1.807, 2.05) is 18.2 Å². The van der Waals surface area contributed by atoms with Crippen LogP contribution in [0.25, 0.3) is 33.4 Å². The fourth-order valence-corrected chi connectivity index (χ4v) is 6.44. The number of benzene rings is 6. The predicted molar refractivity (Wildman–Crippen MR) is 175 cm³/mol. The van der Waals surface area contributed by atoms with Gasteiger partial charge in [0.1, 0.15) is 0 Å². The molecule has 7 rings (SSSR count). The zero-order valence-electron chi connectivity index (χ0n) is 23.2. The van der Waals surface area contributed by atoms with Crippen molar-refractivity contribution in [3.8, 4) is 33.4 Å². The van der Waals surface area contributed by atoms with Crippen molar-refractivity contribution in [2.75, 3.05) is 4.90 Å². The van der Waals surface area contributed by atoms with Crippen LogP contribution in [0.15, 0.2) is 146 Å². The molecule has 6 aromatic carbocycles. The molecule has 0 saturated carbocycles. The van der Waals surface area contributed by atoms with E-state index >= 15 is 0 Å². The Hall–Kier alpha value is -4.59. The lowest BCUT2D eigenvalue weighted by molar-refractivity contribution is 0.660. The summed E-state index contributed by atoms with van der Waals surface area (Å²) in [4.78, 5) is 2.34. The molecule has 198 valence electrons. The maximum Gasteiger partial charge on any atom is 0.0540 e. The van der Waals surface area contributed by atoms with Crippen molar-refractivity contribution in [3.05, 3.63) is 162 Å². The first-order valence-electron chi connectivity index (χ1n) is 14.1. The Balaban J connectivity index is 1.38. The van der Waals surface area contributed by atoms with Crippen LogP contribution in [-0.2, 0) is 5.41 Å². The summed E-state index contributed by atoms with van der Waals surface area (Å²) in [5.74, 6) is 0. The summed E-state index contributed by atoms with van der Waals surface area (Å²) in [5.41, 5.74) is 13.3. The Morgan fingerprint density at radius 3 is 1.85 bits per heavy atom. The minimum Gasteiger partial charge on any atom is -0.310 e. The van der Waals surface area contributed by atoms with Crippen molar-refractivity contribution in [1.82, 2.24) is 0 Å². The van der Waals surface area contributed by atoms with Crippen LogP contribution in [0.1, 0.15) is 25.0 Å². The average molecular weight is 548 g/mol. The van der Waals surface area contributed by atoms with Crippen LogP contribution in [0.4, 0.5) is 17.1 Å². The van der Waals surface area contributed by atoms with Gasteiger partial charge in [0, 0.05) is 27.4 Å². The number of rotatable bonds is 5. The molecule has 0 saturated heterocycles. The third kappa shape index (κ3) is 4.43. The maximum atomic E-state index is 6.57. The molecule has 0 bridgehead atoms. The highest BCUT2D eigenvalue weighted by molar-refractivity contribution is 6.30. The SMILES string of the molecule is CC1(C)c2ccccc2-c2ccc(N(c3cccc(Cl)c3)c3ccccc3-c3ccc(-c4ccccc4)cc3)cc21. The highest BCUT2D eigenvalue weighted by Gasteiger charge is 2.35. The fraction of sp³-hybridized carbons (Fsp3) is 0.0769. The van der Waals surface area contributed by atoms with Gasteiger partial charge < -0.3 is 4.90 Å². The van der Waals surface area contributed by atoms with E-state index in [1.165, 1.54) is 38.9 Å². The summed E-state index contributed by atoms with van der Waals surface area (Å²) < 4.78 is 0. The van der Waals surface area contributed by atoms with Crippen molar-refractivity contribution in [2.24, 2.45) is 0 Å². The summed E-state index contributed by atoms with van der Waals surface area (Å²) in [6, 6.07) is 51.8. The molecule has 1 aliphatic carbocycles. The molecule has 0 N–H and O–H groups in total. The summed E-state index contributed by atoms with van der Waals surface area (Å²) in [7, 11) is 0. The van der Waals surface area contributed by atoms with Gasteiger partial charge in [-0.3, -0.25) is 0 Å². The molecular formula is C39H30ClN. The van der Waals surface area contributed by atoms with Gasteiger partial charge in [0.25, 0.3) is 0 Å². The Kier molecular flexibility index (Phi) is 6.26. The molecule has 0 fully saturated rings. The normalized spacial score (nSPS) is 13.0. The summed E-state index contributed by atoms with van der Waals surface area (Å²) >= 11 is 6.57. The minimum absolute atomic E-state index is 0.0886. The Morgan fingerprint density at radius 1 is 0.463 bits per heavy atom.